The van der Waals surface area contributed by atoms with Crippen molar-refractivity contribution < 1.29 is 33.3 Å². The van der Waals surface area contributed by atoms with E-state index in [0.29, 0.717) is 36.9 Å². The predicted molar refractivity (Wildman–Crippen MR) is 182 cm³/mol. The van der Waals surface area contributed by atoms with Crippen molar-refractivity contribution >= 4 is 40.7 Å². The maximum absolute atomic E-state index is 13.6. The number of allylic oxidation sites excluding steroid dienone is 4. The van der Waals surface area contributed by atoms with Crippen LogP contribution in [0.4, 0.5) is 21.0 Å². The summed E-state index contributed by atoms with van der Waals surface area (Å²) in [5.41, 5.74) is 2.11. The van der Waals surface area contributed by atoms with Crippen molar-refractivity contribution in [1.82, 2.24) is 20.1 Å². The van der Waals surface area contributed by atoms with Crippen molar-refractivity contribution in [2.24, 2.45) is 0 Å². The number of hydrogen-bond donors (Lipinski definition) is 3. The number of ether oxygens (including phenoxy) is 4. The maximum Gasteiger partial charge on any atom is 0.412 e. The fourth-order valence-electron chi connectivity index (χ4n) is 5.04. The zero-order valence-corrected chi connectivity index (χ0v) is 28.3. The molecule has 0 aromatic carbocycles. The first-order valence-electron chi connectivity index (χ1n) is 15.9. The first-order chi connectivity index (χ1) is 23.1. The fourth-order valence-corrected chi connectivity index (χ4v) is 5.75. The summed E-state index contributed by atoms with van der Waals surface area (Å²) in [7, 11) is 0. The van der Waals surface area contributed by atoms with E-state index in [1.807, 2.05) is 12.2 Å². The number of morpholine rings is 1. The molecule has 0 unspecified atom stereocenters. The summed E-state index contributed by atoms with van der Waals surface area (Å²) in [6.07, 6.45) is 12.4. The van der Waals surface area contributed by atoms with Gasteiger partial charge in [0.1, 0.15) is 17.6 Å². The molecule has 0 saturated carbocycles. The van der Waals surface area contributed by atoms with Crippen LogP contribution in [0.25, 0.3) is 0 Å². The third kappa shape index (κ3) is 10.4. The van der Waals surface area contributed by atoms with Gasteiger partial charge in [0.15, 0.2) is 12.0 Å². The fraction of sp³-hybridized carbons (Fsp3) is 0.412. The van der Waals surface area contributed by atoms with Gasteiger partial charge in [-0.25, -0.2) is 9.59 Å². The van der Waals surface area contributed by atoms with Crippen LogP contribution in [0.3, 0.4) is 0 Å². The highest BCUT2D eigenvalue weighted by Crippen LogP contribution is 2.28. The van der Waals surface area contributed by atoms with Gasteiger partial charge in [-0.05, 0) is 57.2 Å². The molecule has 1 aliphatic carbocycles. The van der Waals surface area contributed by atoms with Gasteiger partial charge in [-0.2, -0.15) is 0 Å². The number of hydrogen-bond acceptors (Lipinski definition) is 10. The molecule has 14 heteroatoms. The Morgan fingerprint density at radius 2 is 1.85 bits per heavy atom. The minimum absolute atomic E-state index is 0.181. The molecular weight excluding hydrogens is 636 g/mol. The molecule has 256 valence electrons. The second kappa shape index (κ2) is 16.4. The molecule has 3 N–H and O–H groups in total. The lowest BCUT2D eigenvalue weighted by Crippen LogP contribution is -2.42. The Morgan fingerprint density at radius 1 is 1.06 bits per heavy atom. The topological polar surface area (TPSA) is 144 Å². The number of thiophene rings is 1. The average molecular weight is 679 g/mol. The first-order valence-corrected chi connectivity index (χ1v) is 16.9. The Morgan fingerprint density at radius 3 is 2.56 bits per heavy atom. The largest absolute Gasteiger partial charge is 0.463 e. The average Bonchev–Trinajstić information content (AvgIpc) is 3.50. The molecule has 1 fully saturated rings. The number of anilines is 2. The molecule has 4 amide bonds. The molecule has 2 aliphatic heterocycles. The lowest BCUT2D eigenvalue weighted by molar-refractivity contribution is 0.0364. The van der Waals surface area contributed by atoms with E-state index in [1.54, 1.807) is 54.8 Å². The van der Waals surface area contributed by atoms with Crippen molar-refractivity contribution in [2.75, 3.05) is 50.0 Å². The second-order valence-electron chi connectivity index (χ2n) is 12.4. The molecule has 48 heavy (non-hydrogen) atoms. The molecule has 0 spiro atoms. The number of rotatable bonds is 11. The smallest absolute Gasteiger partial charge is 0.412 e. The number of pyridine rings is 1. The van der Waals surface area contributed by atoms with Gasteiger partial charge in [-0.3, -0.25) is 25.3 Å². The van der Waals surface area contributed by atoms with Gasteiger partial charge in [0.05, 0.1) is 24.6 Å². The third-order valence-electron chi connectivity index (χ3n) is 7.40. The van der Waals surface area contributed by atoms with Crippen LogP contribution in [0.1, 0.15) is 56.1 Å². The molecule has 13 nitrogen and oxygen atoms in total. The molecule has 1 saturated heterocycles. The summed E-state index contributed by atoms with van der Waals surface area (Å²) in [4.78, 5) is 47.2. The molecule has 2 aromatic heterocycles. The molecular formula is C34H42N6O7S. The molecule has 0 atom stereocenters. The van der Waals surface area contributed by atoms with Gasteiger partial charge < -0.3 is 29.2 Å². The number of urea groups is 1. The summed E-state index contributed by atoms with van der Waals surface area (Å²) in [5, 5.41) is 11.7. The monoisotopic (exact) mass is 678 g/mol. The zero-order valence-electron chi connectivity index (χ0n) is 27.5. The number of aromatic nitrogens is 1. The van der Waals surface area contributed by atoms with Crippen LogP contribution in [0.2, 0.25) is 0 Å². The highest BCUT2D eigenvalue weighted by Gasteiger charge is 2.22. The summed E-state index contributed by atoms with van der Waals surface area (Å²) < 4.78 is 22.2. The van der Waals surface area contributed by atoms with E-state index in [1.165, 1.54) is 23.9 Å². The summed E-state index contributed by atoms with van der Waals surface area (Å²) in [6, 6.07) is 3.02. The summed E-state index contributed by atoms with van der Waals surface area (Å²) in [5.74, 6) is 0.315. The van der Waals surface area contributed by atoms with E-state index in [2.05, 4.69) is 31.9 Å². The second-order valence-corrected chi connectivity index (χ2v) is 13.1. The van der Waals surface area contributed by atoms with Crippen molar-refractivity contribution in [3.05, 3.63) is 88.3 Å². The van der Waals surface area contributed by atoms with E-state index in [4.69, 9.17) is 18.9 Å². The number of carbonyl (C=O) groups excluding carboxylic acids is 3. The third-order valence-corrected chi connectivity index (χ3v) is 8.14. The lowest BCUT2D eigenvalue weighted by Gasteiger charge is -2.29. The van der Waals surface area contributed by atoms with Gasteiger partial charge in [0, 0.05) is 49.7 Å². The molecule has 3 aliphatic rings. The minimum Gasteiger partial charge on any atom is -0.463 e. The van der Waals surface area contributed by atoms with Crippen molar-refractivity contribution in [3.8, 4) is 0 Å². The minimum atomic E-state index is -0.658. The summed E-state index contributed by atoms with van der Waals surface area (Å²) in [6.45, 7) is 10.0. The van der Waals surface area contributed by atoms with Gasteiger partial charge in [0.25, 0.3) is 5.91 Å². The number of nitrogens with one attached hydrogen (secondary N) is 3. The van der Waals surface area contributed by atoms with Crippen LogP contribution < -0.4 is 16.0 Å². The Balaban J connectivity index is 1.20. The van der Waals surface area contributed by atoms with Gasteiger partial charge in [0.2, 0.25) is 5.88 Å². The first kappa shape index (κ1) is 34.7. The molecule has 5 rings (SSSR count). The zero-order chi connectivity index (χ0) is 33.9. The standard InChI is InChI=1S/C34H42N6O7S/c1-34(2,3)47-33(43)37-28-23-48-22-27(28)36-31(41)26-11-10-24(18-35-26)19-40(13-7-12-39-14-16-44-17-15-39)32(42)38-30-21-45-20-29(46-30)25-8-5-4-6-9-25/h4-5,8,10-11,18,20-23H,6-7,9,12-17,19H2,1-3H3,(H,36,41)(H,37,43)(H,38,42). The van der Waals surface area contributed by atoms with Crippen LogP contribution in [0, 0.1) is 0 Å². The Labute approximate surface area is 284 Å². The van der Waals surface area contributed by atoms with Crippen molar-refractivity contribution in [3.63, 3.8) is 0 Å². The number of carbonyl (C=O) groups is 3. The van der Waals surface area contributed by atoms with E-state index < -0.39 is 17.6 Å². The van der Waals surface area contributed by atoms with E-state index in [-0.39, 0.29) is 24.2 Å². The van der Waals surface area contributed by atoms with Crippen LogP contribution in [0.15, 0.2) is 77.1 Å². The molecule has 4 heterocycles. The normalized spacial score (nSPS) is 16.4. The van der Waals surface area contributed by atoms with Gasteiger partial charge in [-0.1, -0.05) is 24.3 Å². The SMILES string of the molecule is CC(C)(C)OC(=O)Nc1cscc1NC(=O)c1ccc(CN(CCCN2CCOCC2)C(=O)NC2=COC=C(C3=CC=CCC3)O2)cn1. The van der Waals surface area contributed by atoms with E-state index in [9.17, 15) is 14.4 Å². The quantitative estimate of drug-likeness (QED) is 0.263. The Bertz CT molecular complexity index is 1570. The molecule has 0 bridgehead atoms. The van der Waals surface area contributed by atoms with E-state index >= 15 is 0 Å². The van der Waals surface area contributed by atoms with Crippen LogP contribution in [-0.4, -0.2) is 77.8 Å². The molecule has 0 radical (unpaired) electrons. The Kier molecular flexibility index (Phi) is 11.9. The van der Waals surface area contributed by atoms with Crippen LogP contribution >= 0.6 is 11.3 Å². The Hall–Kier alpha value is -4.66. The van der Waals surface area contributed by atoms with E-state index in [0.717, 1.165) is 50.0 Å². The van der Waals surface area contributed by atoms with Crippen LogP contribution in [-0.2, 0) is 25.5 Å². The van der Waals surface area contributed by atoms with Gasteiger partial charge >= 0.3 is 12.1 Å². The number of nitrogens with zero attached hydrogens (tertiary/aromatic N) is 3. The highest BCUT2D eigenvalue weighted by molar-refractivity contribution is 7.09. The molecule has 2 aromatic rings. The predicted octanol–water partition coefficient (Wildman–Crippen LogP) is 5.94. The highest BCUT2D eigenvalue weighted by atomic mass is 32.1. The van der Waals surface area contributed by atoms with Crippen LogP contribution in [0.5, 0.6) is 0 Å². The van der Waals surface area contributed by atoms with Crippen molar-refractivity contribution in [1.29, 1.82) is 0 Å². The maximum atomic E-state index is 13.6. The number of amides is 4. The summed E-state index contributed by atoms with van der Waals surface area (Å²) >= 11 is 1.32. The lowest BCUT2D eigenvalue weighted by atomic mass is 10.0. The van der Waals surface area contributed by atoms with Crippen molar-refractivity contribution in [2.45, 2.75) is 52.2 Å². The van der Waals surface area contributed by atoms with Gasteiger partial charge in [-0.15, -0.1) is 11.3 Å².